The van der Waals surface area contributed by atoms with Crippen LogP contribution in [-0.2, 0) is 0 Å². The van der Waals surface area contributed by atoms with E-state index in [0.29, 0.717) is 0 Å². The lowest BCUT2D eigenvalue weighted by Gasteiger charge is -2.01. The molecule has 0 amide bonds. The number of anilines is 1. The van der Waals surface area contributed by atoms with E-state index in [0.717, 1.165) is 5.00 Å². The van der Waals surface area contributed by atoms with Crippen LogP contribution >= 0.6 is 11.3 Å². The maximum absolute atomic E-state index is 5.75. The molecule has 0 atom stereocenters. The van der Waals surface area contributed by atoms with Gasteiger partial charge in [0.05, 0.1) is 5.00 Å². The van der Waals surface area contributed by atoms with Crippen molar-refractivity contribution >= 4 is 27.1 Å². The lowest BCUT2D eigenvalue weighted by Crippen LogP contribution is -1.77. The van der Waals surface area contributed by atoms with Crippen LogP contribution in [0.4, 0.5) is 5.00 Å². The highest BCUT2D eigenvalue weighted by molar-refractivity contribution is 7.14. The van der Waals surface area contributed by atoms with E-state index in [1.165, 1.54) is 21.9 Å². The summed E-state index contributed by atoms with van der Waals surface area (Å²) in [5.74, 6) is 0. The largest absolute Gasteiger partial charge is 0.391 e. The summed E-state index contributed by atoms with van der Waals surface area (Å²) in [6, 6.07) is 16.9. The number of hydrogen-bond donors (Lipinski definition) is 1. The molecule has 0 bridgehead atoms. The van der Waals surface area contributed by atoms with Crippen molar-refractivity contribution in [3.05, 3.63) is 53.9 Å². The van der Waals surface area contributed by atoms with Crippen LogP contribution in [0.2, 0.25) is 0 Å². The predicted molar refractivity (Wildman–Crippen MR) is 71.7 cm³/mol. The Morgan fingerprint density at radius 1 is 0.812 bits per heavy atom. The van der Waals surface area contributed by atoms with Crippen LogP contribution in [0.5, 0.6) is 0 Å². The molecule has 1 aromatic heterocycles. The van der Waals surface area contributed by atoms with Gasteiger partial charge in [-0.25, -0.2) is 0 Å². The van der Waals surface area contributed by atoms with Gasteiger partial charge in [-0.3, -0.25) is 0 Å². The van der Waals surface area contributed by atoms with Crippen molar-refractivity contribution in [1.82, 2.24) is 0 Å². The van der Waals surface area contributed by atoms with Crippen molar-refractivity contribution in [3.63, 3.8) is 0 Å². The number of benzene rings is 2. The molecular formula is C14H11NS. The van der Waals surface area contributed by atoms with Gasteiger partial charge in [-0.15, -0.1) is 11.3 Å². The van der Waals surface area contributed by atoms with Crippen molar-refractivity contribution in [3.8, 4) is 11.1 Å². The molecule has 0 aliphatic heterocycles. The predicted octanol–water partition coefficient (Wildman–Crippen LogP) is 4.15. The first kappa shape index (κ1) is 9.43. The Labute approximate surface area is 98.2 Å². The second-order valence-electron chi connectivity index (χ2n) is 3.80. The third kappa shape index (κ3) is 1.57. The summed E-state index contributed by atoms with van der Waals surface area (Å²) in [5.41, 5.74) is 8.18. The Morgan fingerprint density at radius 2 is 1.62 bits per heavy atom. The molecule has 0 aliphatic carbocycles. The molecule has 1 heterocycles. The molecule has 0 spiro atoms. The zero-order valence-corrected chi connectivity index (χ0v) is 9.50. The van der Waals surface area contributed by atoms with Gasteiger partial charge in [0.2, 0.25) is 0 Å². The maximum atomic E-state index is 5.75. The molecule has 0 fully saturated rings. The van der Waals surface area contributed by atoms with Crippen LogP contribution in [0.15, 0.2) is 53.9 Å². The number of rotatable bonds is 1. The molecule has 78 valence electrons. The molecule has 1 nitrogen and oxygen atoms in total. The molecule has 3 aromatic rings. The van der Waals surface area contributed by atoms with Gasteiger partial charge >= 0.3 is 0 Å². The summed E-state index contributed by atoms with van der Waals surface area (Å²) in [6.07, 6.45) is 0. The summed E-state index contributed by atoms with van der Waals surface area (Å²) in [5, 5.41) is 5.50. The third-order valence-electron chi connectivity index (χ3n) is 2.70. The highest BCUT2D eigenvalue weighted by Gasteiger charge is 2.01. The highest BCUT2D eigenvalue weighted by atomic mass is 32.1. The Kier molecular flexibility index (Phi) is 2.15. The molecule has 0 saturated heterocycles. The third-order valence-corrected chi connectivity index (χ3v) is 3.46. The SMILES string of the molecule is Nc1cc(-c2ccc3ccccc3c2)cs1. The van der Waals surface area contributed by atoms with Crippen molar-refractivity contribution in [2.45, 2.75) is 0 Å². The average Bonchev–Trinajstić information content (AvgIpc) is 2.75. The number of nitrogens with two attached hydrogens (primary N) is 1. The zero-order valence-electron chi connectivity index (χ0n) is 8.68. The average molecular weight is 225 g/mol. The molecule has 0 radical (unpaired) electrons. The van der Waals surface area contributed by atoms with Crippen molar-refractivity contribution in [2.24, 2.45) is 0 Å². The number of fused-ring (bicyclic) bond motifs is 1. The second kappa shape index (κ2) is 3.65. The minimum atomic E-state index is 0.864. The summed E-state index contributed by atoms with van der Waals surface area (Å²) in [7, 11) is 0. The van der Waals surface area contributed by atoms with E-state index in [2.05, 4.69) is 47.8 Å². The van der Waals surface area contributed by atoms with Gasteiger partial charge in [0.1, 0.15) is 0 Å². The van der Waals surface area contributed by atoms with Gasteiger partial charge in [0.25, 0.3) is 0 Å². The van der Waals surface area contributed by atoms with Crippen molar-refractivity contribution < 1.29 is 0 Å². The number of hydrogen-bond acceptors (Lipinski definition) is 2. The number of thiophene rings is 1. The van der Waals surface area contributed by atoms with Crippen LogP contribution in [0, 0.1) is 0 Å². The smallest absolute Gasteiger partial charge is 0.0862 e. The molecule has 2 heteroatoms. The molecule has 0 saturated carbocycles. The fourth-order valence-electron chi connectivity index (χ4n) is 1.87. The standard InChI is InChI=1S/C14H11NS/c15-14-8-13(9-16-14)12-6-5-10-3-1-2-4-11(10)7-12/h1-9H,15H2. The first-order valence-electron chi connectivity index (χ1n) is 5.16. The summed E-state index contributed by atoms with van der Waals surface area (Å²) >= 11 is 1.58. The van der Waals surface area contributed by atoms with Crippen LogP contribution in [0.3, 0.4) is 0 Å². The van der Waals surface area contributed by atoms with E-state index < -0.39 is 0 Å². The molecule has 2 aromatic carbocycles. The van der Waals surface area contributed by atoms with Gasteiger partial charge in [-0.1, -0.05) is 36.4 Å². The minimum absolute atomic E-state index is 0.864. The fourth-order valence-corrected chi connectivity index (χ4v) is 2.54. The minimum Gasteiger partial charge on any atom is -0.391 e. The van der Waals surface area contributed by atoms with Gasteiger partial charge in [0.15, 0.2) is 0 Å². The lowest BCUT2D eigenvalue weighted by molar-refractivity contribution is 1.71. The Morgan fingerprint density at radius 3 is 2.38 bits per heavy atom. The topological polar surface area (TPSA) is 26.0 Å². The van der Waals surface area contributed by atoms with E-state index in [-0.39, 0.29) is 0 Å². The first-order chi connectivity index (χ1) is 7.83. The van der Waals surface area contributed by atoms with E-state index in [1.807, 2.05) is 6.07 Å². The number of nitrogen functional groups attached to an aromatic ring is 1. The first-order valence-corrected chi connectivity index (χ1v) is 6.04. The summed E-state index contributed by atoms with van der Waals surface area (Å²) < 4.78 is 0. The zero-order chi connectivity index (χ0) is 11.0. The van der Waals surface area contributed by atoms with E-state index in [4.69, 9.17) is 5.73 Å². The normalized spacial score (nSPS) is 10.8. The van der Waals surface area contributed by atoms with Crippen LogP contribution in [0.1, 0.15) is 0 Å². The van der Waals surface area contributed by atoms with Gasteiger partial charge in [0, 0.05) is 5.38 Å². The molecule has 2 N–H and O–H groups in total. The second-order valence-corrected chi connectivity index (χ2v) is 4.74. The Bertz CT molecular complexity index is 640. The molecule has 16 heavy (non-hydrogen) atoms. The Balaban J connectivity index is 2.18. The maximum Gasteiger partial charge on any atom is 0.0862 e. The van der Waals surface area contributed by atoms with Gasteiger partial charge in [-0.05, 0) is 34.0 Å². The molecule has 3 rings (SSSR count). The van der Waals surface area contributed by atoms with E-state index in [1.54, 1.807) is 11.3 Å². The van der Waals surface area contributed by atoms with E-state index in [9.17, 15) is 0 Å². The van der Waals surface area contributed by atoms with Crippen molar-refractivity contribution in [1.29, 1.82) is 0 Å². The monoisotopic (exact) mass is 225 g/mol. The van der Waals surface area contributed by atoms with Crippen molar-refractivity contribution in [2.75, 3.05) is 5.73 Å². The van der Waals surface area contributed by atoms with E-state index >= 15 is 0 Å². The molecule has 0 unspecified atom stereocenters. The van der Waals surface area contributed by atoms with Crippen LogP contribution < -0.4 is 5.73 Å². The summed E-state index contributed by atoms with van der Waals surface area (Å²) in [6.45, 7) is 0. The lowest BCUT2D eigenvalue weighted by atomic mass is 10.0. The highest BCUT2D eigenvalue weighted by Crippen LogP contribution is 2.29. The quantitative estimate of drug-likeness (QED) is 0.661. The summed E-state index contributed by atoms with van der Waals surface area (Å²) in [4.78, 5) is 0. The fraction of sp³-hybridized carbons (Fsp3) is 0. The Hall–Kier alpha value is -1.80. The molecular weight excluding hydrogens is 214 g/mol. The van der Waals surface area contributed by atoms with Gasteiger partial charge < -0.3 is 5.73 Å². The molecule has 0 aliphatic rings. The van der Waals surface area contributed by atoms with Crippen LogP contribution in [0.25, 0.3) is 21.9 Å². The van der Waals surface area contributed by atoms with Gasteiger partial charge in [-0.2, -0.15) is 0 Å². The van der Waals surface area contributed by atoms with Crippen LogP contribution in [-0.4, -0.2) is 0 Å².